The van der Waals surface area contributed by atoms with Crippen LogP contribution < -0.4 is 11.1 Å². The summed E-state index contributed by atoms with van der Waals surface area (Å²) in [4.78, 5) is 12.2. The summed E-state index contributed by atoms with van der Waals surface area (Å²) in [5, 5.41) is 2.89. The van der Waals surface area contributed by atoms with Crippen LogP contribution in [0.4, 0.5) is 10.1 Å². The predicted octanol–water partition coefficient (Wildman–Crippen LogP) is 3.53. The lowest BCUT2D eigenvalue weighted by molar-refractivity contribution is 0.0939. The summed E-state index contributed by atoms with van der Waals surface area (Å²) in [6.07, 6.45) is 0.723. The summed E-state index contributed by atoms with van der Waals surface area (Å²) in [5.74, 6) is -0.826. The zero-order chi connectivity index (χ0) is 15.4. The summed E-state index contributed by atoms with van der Waals surface area (Å²) in [6, 6.07) is 12.4. The Bertz CT molecular complexity index is 646. The van der Waals surface area contributed by atoms with E-state index in [4.69, 9.17) is 5.73 Å². The Morgan fingerprint density at radius 3 is 2.67 bits per heavy atom. The molecule has 1 unspecified atom stereocenters. The zero-order valence-corrected chi connectivity index (χ0v) is 13.2. The Kier molecular flexibility index (Phi) is 4.96. The fourth-order valence-electron chi connectivity index (χ4n) is 2.06. The molecule has 0 spiro atoms. The molecule has 0 aliphatic rings. The number of amides is 1. The lowest BCUT2D eigenvalue weighted by Crippen LogP contribution is -2.34. The van der Waals surface area contributed by atoms with Crippen molar-refractivity contribution in [2.45, 2.75) is 19.4 Å². The first-order valence-electron chi connectivity index (χ1n) is 6.56. The van der Waals surface area contributed by atoms with Crippen molar-refractivity contribution in [3.8, 4) is 0 Å². The molecule has 1 atom stereocenters. The number of carbonyl (C=O) groups excluding carboxylic acids is 1. The maximum Gasteiger partial charge on any atom is 0.252 e. The van der Waals surface area contributed by atoms with Crippen LogP contribution in [0.2, 0.25) is 0 Å². The van der Waals surface area contributed by atoms with E-state index in [1.54, 1.807) is 0 Å². The third kappa shape index (κ3) is 4.04. The molecule has 110 valence electrons. The summed E-state index contributed by atoms with van der Waals surface area (Å²) < 4.78 is 13.7. The fraction of sp³-hybridized carbons (Fsp3) is 0.188. The Morgan fingerprint density at radius 1 is 1.33 bits per heavy atom. The highest BCUT2D eigenvalue weighted by atomic mass is 79.9. The average molecular weight is 351 g/mol. The van der Waals surface area contributed by atoms with Crippen LogP contribution in [0, 0.1) is 5.82 Å². The summed E-state index contributed by atoms with van der Waals surface area (Å²) in [6.45, 7) is 1.92. The Labute approximate surface area is 131 Å². The minimum absolute atomic E-state index is 0.0425. The van der Waals surface area contributed by atoms with Crippen LogP contribution in [0.25, 0.3) is 0 Å². The molecular weight excluding hydrogens is 335 g/mol. The van der Waals surface area contributed by atoms with Gasteiger partial charge in [-0.3, -0.25) is 4.79 Å². The lowest BCUT2D eigenvalue weighted by Gasteiger charge is -2.15. The first-order valence-corrected chi connectivity index (χ1v) is 7.36. The van der Waals surface area contributed by atoms with Gasteiger partial charge in [0.15, 0.2) is 0 Å². The van der Waals surface area contributed by atoms with Gasteiger partial charge in [-0.25, -0.2) is 4.39 Å². The van der Waals surface area contributed by atoms with Crippen LogP contribution in [0.1, 0.15) is 22.8 Å². The van der Waals surface area contributed by atoms with E-state index in [9.17, 15) is 9.18 Å². The van der Waals surface area contributed by atoms with Gasteiger partial charge in [0.2, 0.25) is 0 Å². The number of hydrogen-bond donors (Lipinski definition) is 2. The second kappa shape index (κ2) is 6.72. The number of anilines is 1. The van der Waals surface area contributed by atoms with Crippen LogP contribution in [0.15, 0.2) is 46.9 Å². The minimum atomic E-state index is -0.546. The fourth-order valence-corrected chi connectivity index (χ4v) is 2.56. The van der Waals surface area contributed by atoms with E-state index in [2.05, 4.69) is 21.2 Å². The zero-order valence-electron chi connectivity index (χ0n) is 11.6. The quantitative estimate of drug-likeness (QED) is 0.828. The highest BCUT2D eigenvalue weighted by molar-refractivity contribution is 9.10. The van der Waals surface area contributed by atoms with Gasteiger partial charge in [-0.2, -0.15) is 0 Å². The van der Waals surface area contributed by atoms with E-state index in [0.29, 0.717) is 10.0 Å². The predicted molar refractivity (Wildman–Crippen MR) is 85.6 cm³/mol. The van der Waals surface area contributed by atoms with Gasteiger partial charge in [0.05, 0.1) is 11.3 Å². The standard InChI is InChI=1S/C16H16BrFN2O/c1-10(7-11-5-3-2-4-6-11)20-16(21)12-8-15(19)14(18)9-13(12)17/h2-6,8-10H,7,19H2,1H3,(H,20,21). The van der Waals surface area contributed by atoms with Crippen LogP contribution >= 0.6 is 15.9 Å². The van der Waals surface area contributed by atoms with Gasteiger partial charge in [-0.1, -0.05) is 30.3 Å². The largest absolute Gasteiger partial charge is 0.396 e. The van der Waals surface area contributed by atoms with Gasteiger partial charge in [-0.05, 0) is 47.0 Å². The monoisotopic (exact) mass is 350 g/mol. The molecule has 0 radical (unpaired) electrons. The van der Waals surface area contributed by atoms with E-state index in [-0.39, 0.29) is 17.6 Å². The van der Waals surface area contributed by atoms with Crippen molar-refractivity contribution in [1.82, 2.24) is 5.32 Å². The minimum Gasteiger partial charge on any atom is -0.396 e. The molecule has 0 aliphatic carbocycles. The highest BCUT2D eigenvalue weighted by Crippen LogP contribution is 2.23. The Morgan fingerprint density at radius 2 is 2.00 bits per heavy atom. The Balaban J connectivity index is 2.06. The van der Waals surface area contributed by atoms with Crippen molar-refractivity contribution in [2.24, 2.45) is 0 Å². The molecule has 0 aliphatic heterocycles. The van der Waals surface area contributed by atoms with E-state index in [0.717, 1.165) is 12.0 Å². The number of nitrogens with two attached hydrogens (primary N) is 1. The van der Waals surface area contributed by atoms with Crippen molar-refractivity contribution in [3.05, 3.63) is 63.9 Å². The summed E-state index contributed by atoms with van der Waals surface area (Å²) in [5.41, 5.74) is 6.93. The molecule has 2 rings (SSSR count). The van der Waals surface area contributed by atoms with Gasteiger partial charge >= 0.3 is 0 Å². The highest BCUT2D eigenvalue weighted by Gasteiger charge is 2.15. The van der Waals surface area contributed by atoms with Gasteiger partial charge in [0, 0.05) is 10.5 Å². The molecule has 2 aromatic rings. The number of nitrogen functional groups attached to an aromatic ring is 1. The normalized spacial score (nSPS) is 12.0. The first kappa shape index (κ1) is 15.5. The van der Waals surface area contributed by atoms with E-state index in [1.807, 2.05) is 37.3 Å². The van der Waals surface area contributed by atoms with E-state index in [1.165, 1.54) is 12.1 Å². The number of halogens is 2. The molecule has 2 aromatic carbocycles. The van der Waals surface area contributed by atoms with Crippen molar-refractivity contribution in [1.29, 1.82) is 0 Å². The molecule has 5 heteroatoms. The topological polar surface area (TPSA) is 55.1 Å². The number of rotatable bonds is 4. The molecule has 0 aromatic heterocycles. The molecular formula is C16H16BrFN2O. The summed E-state index contributed by atoms with van der Waals surface area (Å²) in [7, 11) is 0. The number of benzene rings is 2. The van der Waals surface area contributed by atoms with Crippen LogP contribution in [-0.4, -0.2) is 11.9 Å². The van der Waals surface area contributed by atoms with Gasteiger partial charge in [0.25, 0.3) is 5.91 Å². The van der Waals surface area contributed by atoms with E-state index >= 15 is 0 Å². The molecule has 0 bridgehead atoms. The van der Waals surface area contributed by atoms with Crippen molar-refractivity contribution in [3.63, 3.8) is 0 Å². The maximum absolute atomic E-state index is 13.3. The second-order valence-electron chi connectivity index (χ2n) is 4.92. The van der Waals surface area contributed by atoms with Crippen LogP contribution in [-0.2, 0) is 6.42 Å². The number of hydrogen-bond acceptors (Lipinski definition) is 2. The van der Waals surface area contributed by atoms with Crippen LogP contribution in [0.3, 0.4) is 0 Å². The first-order chi connectivity index (χ1) is 9.97. The van der Waals surface area contributed by atoms with Gasteiger partial charge in [-0.15, -0.1) is 0 Å². The number of carbonyl (C=O) groups is 1. The molecule has 0 saturated carbocycles. The van der Waals surface area contributed by atoms with Gasteiger partial charge < -0.3 is 11.1 Å². The lowest BCUT2D eigenvalue weighted by atomic mass is 10.1. The molecule has 1 amide bonds. The van der Waals surface area contributed by atoms with E-state index < -0.39 is 5.82 Å². The maximum atomic E-state index is 13.3. The van der Waals surface area contributed by atoms with Gasteiger partial charge in [0.1, 0.15) is 5.82 Å². The average Bonchev–Trinajstić information content (AvgIpc) is 2.43. The molecule has 0 saturated heterocycles. The smallest absolute Gasteiger partial charge is 0.252 e. The number of nitrogens with one attached hydrogen (secondary N) is 1. The second-order valence-corrected chi connectivity index (χ2v) is 5.77. The van der Waals surface area contributed by atoms with Crippen molar-refractivity contribution in [2.75, 3.05) is 5.73 Å². The summed E-state index contributed by atoms with van der Waals surface area (Å²) >= 11 is 3.18. The molecule has 0 fully saturated rings. The SMILES string of the molecule is CC(Cc1ccccc1)NC(=O)c1cc(N)c(F)cc1Br. The molecule has 0 heterocycles. The molecule has 3 N–H and O–H groups in total. The Hall–Kier alpha value is -1.88. The van der Waals surface area contributed by atoms with Crippen LogP contribution in [0.5, 0.6) is 0 Å². The molecule has 21 heavy (non-hydrogen) atoms. The van der Waals surface area contributed by atoms with Crippen molar-refractivity contribution < 1.29 is 9.18 Å². The third-order valence-corrected chi connectivity index (χ3v) is 3.75. The van der Waals surface area contributed by atoms with Crippen molar-refractivity contribution >= 4 is 27.5 Å². The molecule has 3 nitrogen and oxygen atoms in total. The third-order valence-electron chi connectivity index (χ3n) is 3.09.